The number of thiazole rings is 1. The van der Waals surface area contributed by atoms with Crippen LogP contribution in [-0.2, 0) is 9.53 Å². The molecule has 2 aromatic carbocycles. The summed E-state index contributed by atoms with van der Waals surface area (Å²) >= 11 is 1.44. The summed E-state index contributed by atoms with van der Waals surface area (Å²) in [7, 11) is 0. The Hall–Kier alpha value is -2.35. The Kier molecular flexibility index (Phi) is 5.39. The number of carbonyl (C=O) groups excluding carboxylic acids is 1. The lowest BCUT2D eigenvalue weighted by Gasteiger charge is -2.33. The van der Waals surface area contributed by atoms with Crippen LogP contribution < -0.4 is 5.32 Å². The Balaban J connectivity index is 1.66. The van der Waals surface area contributed by atoms with Crippen molar-refractivity contribution in [1.29, 1.82) is 0 Å². The van der Waals surface area contributed by atoms with Gasteiger partial charge in [-0.1, -0.05) is 35.6 Å². The number of carbonyl (C=O) groups is 1. The van der Waals surface area contributed by atoms with Gasteiger partial charge in [0.25, 0.3) is 0 Å². The van der Waals surface area contributed by atoms with Gasteiger partial charge in [-0.05, 0) is 37.1 Å². The minimum absolute atomic E-state index is 0.277. The van der Waals surface area contributed by atoms with Gasteiger partial charge in [-0.15, -0.1) is 0 Å². The summed E-state index contributed by atoms with van der Waals surface area (Å²) in [6, 6.07) is 9.85. The maximum absolute atomic E-state index is 14.5. The Morgan fingerprint density at radius 3 is 2.75 bits per heavy atom. The van der Waals surface area contributed by atoms with Crippen LogP contribution >= 0.6 is 11.3 Å². The molecular formula is C21H22FN3O2S. The quantitative estimate of drug-likeness (QED) is 0.719. The normalized spacial score (nSPS) is 16.2. The first-order valence-corrected chi connectivity index (χ1v) is 10.1. The van der Waals surface area contributed by atoms with Crippen molar-refractivity contribution >= 4 is 32.6 Å². The minimum atomic E-state index is -0.722. The predicted molar refractivity (Wildman–Crippen MR) is 109 cm³/mol. The maximum atomic E-state index is 14.5. The Bertz CT molecular complexity index is 1010. The van der Waals surface area contributed by atoms with Gasteiger partial charge >= 0.3 is 0 Å². The highest BCUT2D eigenvalue weighted by molar-refractivity contribution is 7.22. The van der Waals surface area contributed by atoms with Crippen molar-refractivity contribution in [2.24, 2.45) is 0 Å². The number of hydrogen-bond acceptors (Lipinski definition) is 5. The molecule has 0 radical (unpaired) electrons. The molecule has 0 saturated carbocycles. The molecule has 5 nitrogen and oxygen atoms in total. The number of morpholine rings is 1. The summed E-state index contributed by atoms with van der Waals surface area (Å²) in [5.41, 5.74) is 3.49. The van der Waals surface area contributed by atoms with Crippen molar-refractivity contribution in [2.75, 3.05) is 31.6 Å². The molecule has 0 unspecified atom stereocenters. The lowest BCUT2D eigenvalue weighted by molar-refractivity contribution is -0.123. The second-order valence-corrected chi connectivity index (χ2v) is 8.04. The number of aryl methyl sites for hydroxylation is 2. The highest BCUT2D eigenvalue weighted by atomic mass is 32.1. The zero-order valence-electron chi connectivity index (χ0n) is 15.9. The van der Waals surface area contributed by atoms with Crippen LogP contribution in [0.4, 0.5) is 9.52 Å². The molecule has 146 valence electrons. The van der Waals surface area contributed by atoms with E-state index in [9.17, 15) is 9.18 Å². The molecule has 2 heterocycles. The number of aromatic nitrogens is 1. The van der Waals surface area contributed by atoms with E-state index < -0.39 is 6.04 Å². The molecule has 0 spiro atoms. The van der Waals surface area contributed by atoms with Crippen molar-refractivity contribution in [3.8, 4) is 0 Å². The van der Waals surface area contributed by atoms with Gasteiger partial charge in [0.15, 0.2) is 5.13 Å². The molecule has 1 N–H and O–H groups in total. The molecule has 1 saturated heterocycles. The number of hydrogen-bond donors (Lipinski definition) is 1. The fraction of sp³-hybridized carbons (Fsp3) is 0.333. The van der Waals surface area contributed by atoms with Crippen LogP contribution in [0, 0.1) is 19.7 Å². The van der Waals surface area contributed by atoms with Crippen molar-refractivity contribution in [3.05, 3.63) is 58.9 Å². The zero-order chi connectivity index (χ0) is 19.7. The Morgan fingerprint density at radius 1 is 1.25 bits per heavy atom. The van der Waals surface area contributed by atoms with E-state index in [1.54, 1.807) is 18.2 Å². The molecule has 1 aliphatic rings. The van der Waals surface area contributed by atoms with Crippen LogP contribution in [-0.4, -0.2) is 42.1 Å². The second kappa shape index (κ2) is 7.95. The van der Waals surface area contributed by atoms with Gasteiger partial charge in [0.05, 0.1) is 23.4 Å². The number of benzene rings is 2. The van der Waals surface area contributed by atoms with Crippen LogP contribution in [0.5, 0.6) is 0 Å². The van der Waals surface area contributed by atoms with Crippen LogP contribution in [0.25, 0.3) is 10.2 Å². The van der Waals surface area contributed by atoms with E-state index in [0.29, 0.717) is 37.0 Å². The van der Waals surface area contributed by atoms with Crippen LogP contribution in [0.1, 0.15) is 22.7 Å². The fourth-order valence-electron chi connectivity index (χ4n) is 3.63. The standard InChI is InChI=1S/C21H22FN3O2S/c1-13-11-14(2)18-17(12-13)28-21(23-18)24-20(26)19(25-7-9-27-10-8-25)15-5-3-4-6-16(15)22/h3-6,11-12,19H,7-10H2,1-2H3,(H,23,24,26)/t19-/m1/s1. The van der Waals surface area contributed by atoms with E-state index in [4.69, 9.17) is 4.74 Å². The van der Waals surface area contributed by atoms with Crippen molar-refractivity contribution < 1.29 is 13.9 Å². The first-order chi connectivity index (χ1) is 13.5. The lowest BCUT2D eigenvalue weighted by atomic mass is 10.0. The largest absolute Gasteiger partial charge is 0.379 e. The summed E-state index contributed by atoms with van der Waals surface area (Å²) in [5.74, 6) is -0.662. The summed E-state index contributed by atoms with van der Waals surface area (Å²) in [4.78, 5) is 19.7. The van der Waals surface area contributed by atoms with E-state index in [2.05, 4.69) is 22.4 Å². The summed E-state index contributed by atoms with van der Waals surface area (Å²) < 4.78 is 20.9. The second-order valence-electron chi connectivity index (χ2n) is 7.01. The first-order valence-electron chi connectivity index (χ1n) is 9.28. The minimum Gasteiger partial charge on any atom is -0.379 e. The van der Waals surface area contributed by atoms with Crippen molar-refractivity contribution in [2.45, 2.75) is 19.9 Å². The van der Waals surface area contributed by atoms with E-state index in [1.807, 2.05) is 18.7 Å². The highest BCUT2D eigenvalue weighted by Gasteiger charge is 2.31. The van der Waals surface area contributed by atoms with Crippen LogP contribution in [0.3, 0.4) is 0 Å². The number of ether oxygens (including phenoxy) is 1. The number of nitrogens with one attached hydrogen (secondary N) is 1. The SMILES string of the molecule is Cc1cc(C)c2nc(NC(=O)[C@@H](c3ccccc3F)N3CCOCC3)sc2c1. The number of anilines is 1. The fourth-order valence-corrected chi connectivity index (χ4v) is 4.68. The molecule has 7 heteroatoms. The molecule has 4 rings (SSSR count). The topological polar surface area (TPSA) is 54.5 Å². The van der Waals surface area contributed by atoms with E-state index >= 15 is 0 Å². The van der Waals surface area contributed by atoms with E-state index in [-0.39, 0.29) is 11.7 Å². The number of fused-ring (bicyclic) bond motifs is 1. The van der Waals surface area contributed by atoms with E-state index in [0.717, 1.165) is 21.3 Å². The van der Waals surface area contributed by atoms with Crippen molar-refractivity contribution in [3.63, 3.8) is 0 Å². The predicted octanol–water partition coefficient (Wildman–Crippen LogP) is 4.06. The number of amides is 1. The third-order valence-electron chi connectivity index (χ3n) is 4.92. The third-order valence-corrected chi connectivity index (χ3v) is 5.84. The molecular weight excluding hydrogens is 377 g/mol. The molecule has 1 amide bonds. The molecule has 1 aromatic heterocycles. The highest BCUT2D eigenvalue weighted by Crippen LogP contribution is 2.31. The number of nitrogens with zero attached hydrogens (tertiary/aromatic N) is 2. The first kappa shape index (κ1) is 19.0. The average Bonchev–Trinajstić information content (AvgIpc) is 3.07. The summed E-state index contributed by atoms with van der Waals surface area (Å²) in [6.45, 7) is 6.25. The molecule has 3 aromatic rings. The van der Waals surface area contributed by atoms with Crippen LogP contribution in [0.15, 0.2) is 36.4 Å². The molecule has 1 aliphatic heterocycles. The smallest absolute Gasteiger partial charge is 0.248 e. The number of halogens is 1. The summed E-state index contributed by atoms with van der Waals surface area (Å²) in [6.07, 6.45) is 0. The van der Waals surface area contributed by atoms with Gasteiger partial charge in [-0.3, -0.25) is 9.69 Å². The Morgan fingerprint density at radius 2 is 2.00 bits per heavy atom. The summed E-state index contributed by atoms with van der Waals surface area (Å²) in [5, 5.41) is 3.45. The molecule has 0 aliphatic carbocycles. The van der Waals surface area contributed by atoms with Crippen LogP contribution in [0.2, 0.25) is 0 Å². The number of rotatable bonds is 4. The van der Waals surface area contributed by atoms with Gasteiger partial charge in [0.1, 0.15) is 11.9 Å². The third kappa shape index (κ3) is 3.78. The zero-order valence-corrected chi connectivity index (χ0v) is 16.7. The average molecular weight is 399 g/mol. The van der Waals surface area contributed by atoms with Gasteiger partial charge in [-0.25, -0.2) is 9.37 Å². The maximum Gasteiger partial charge on any atom is 0.248 e. The lowest BCUT2D eigenvalue weighted by Crippen LogP contribution is -2.44. The molecule has 0 bridgehead atoms. The monoisotopic (exact) mass is 399 g/mol. The molecule has 28 heavy (non-hydrogen) atoms. The molecule has 1 atom stereocenters. The Labute approximate surface area is 167 Å². The van der Waals surface area contributed by atoms with Gasteiger partial charge < -0.3 is 10.1 Å². The van der Waals surface area contributed by atoms with Crippen molar-refractivity contribution in [1.82, 2.24) is 9.88 Å². The van der Waals surface area contributed by atoms with E-state index in [1.165, 1.54) is 17.4 Å². The molecule has 1 fully saturated rings. The van der Waals surface area contributed by atoms with Gasteiger partial charge in [0.2, 0.25) is 5.91 Å². The van der Waals surface area contributed by atoms with Gasteiger partial charge in [0, 0.05) is 18.7 Å². The van der Waals surface area contributed by atoms with Gasteiger partial charge in [-0.2, -0.15) is 0 Å².